The van der Waals surface area contributed by atoms with Crippen LogP contribution < -0.4 is 0 Å². The van der Waals surface area contributed by atoms with E-state index in [0.29, 0.717) is 18.7 Å². The zero-order valence-electron chi connectivity index (χ0n) is 15.1. The molecule has 1 atom stereocenters. The molecule has 21 heavy (non-hydrogen) atoms. The average Bonchev–Trinajstić information content (AvgIpc) is 2.45. The molecular formula is C15H35NO4Si. The van der Waals surface area contributed by atoms with E-state index in [9.17, 15) is 0 Å². The summed E-state index contributed by atoms with van der Waals surface area (Å²) in [5.74, 6) is 0. The Morgan fingerprint density at radius 1 is 0.905 bits per heavy atom. The third kappa shape index (κ3) is 6.75. The minimum atomic E-state index is -2.46. The molecule has 0 aliphatic carbocycles. The molecule has 128 valence electrons. The van der Waals surface area contributed by atoms with E-state index < -0.39 is 8.80 Å². The fourth-order valence-corrected chi connectivity index (χ4v) is 4.43. The molecule has 1 unspecified atom stereocenters. The van der Waals surface area contributed by atoms with Crippen molar-refractivity contribution in [1.82, 2.24) is 4.90 Å². The van der Waals surface area contributed by atoms with Crippen molar-refractivity contribution in [2.75, 3.05) is 27.9 Å². The summed E-state index contributed by atoms with van der Waals surface area (Å²) in [6.07, 6.45) is 2.02. The van der Waals surface area contributed by atoms with Crippen LogP contribution in [0.25, 0.3) is 0 Å². The summed E-state index contributed by atoms with van der Waals surface area (Å²) in [7, 11) is 2.48. The lowest BCUT2D eigenvalue weighted by atomic mass is 10.2. The summed E-state index contributed by atoms with van der Waals surface area (Å²) < 4.78 is 22.4. The van der Waals surface area contributed by atoms with Crippen LogP contribution in [-0.2, 0) is 18.0 Å². The molecule has 0 aliphatic heterocycles. The van der Waals surface area contributed by atoms with E-state index in [-0.39, 0.29) is 6.23 Å². The topological polar surface area (TPSA) is 40.2 Å². The first-order valence-electron chi connectivity index (χ1n) is 7.91. The lowest BCUT2D eigenvalue weighted by Gasteiger charge is -2.37. The van der Waals surface area contributed by atoms with Crippen LogP contribution in [0.4, 0.5) is 0 Å². The highest BCUT2D eigenvalue weighted by Gasteiger charge is 2.37. The van der Waals surface area contributed by atoms with Crippen LogP contribution >= 0.6 is 0 Å². The molecule has 0 radical (unpaired) electrons. The second kappa shape index (κ2) is 10.7. The Morgan fingerprint density at radius 3 is 1.71 bits per heavy atom. The van der Waals surface area contributed by atoms with Crippen molar-refractivity contribution in [3.05, 3.63) is 0 Å². The zero-order valence-corrected chi connectivity index (χ0v) is 16.1. The molecule has 0 heterocycles. The first-order chi connectivity index (χ1) is 9.87. The second-order valence-corrected chi connectivity index (χ2v) is 8.86. The highest BCUT2D eigenvalue weighted by molar-refractivity contribution is 6.60. The van der Waals surface area contributed by atoms with Gasteiger partial charge in [-0.05, 0) is 40.5 Å². The van der Waals surface area contributed by atoms with E-state index in [1.54, 1.807) is 21.3 Å². The van der Waals surface area contributed by atoms with E-state index in [2.05, 4.69) is 39.5 Å². The second-order valence-electron chi connectivity index (χ2n) is 5.77. The van der Waals surface area contributed by atoms with Gasteiger partial charge in [-0.15, -0.1) is 0 Å². The van der Waals surface area contributed by atoms with Gasteiger partial charge in [0.1, 0.15) is 6.23 Å². The highest BCUT2D eigenvalue weighted by atomic mass is 28.4. The number of ether oxygens (including phenoxy) is 1. The summed E-state index contributed by atoms with van der Waals surface area (Å²) >= 11 is 0. The highest BCUT2D eigenvalue weighted by Crippen LogP contribution is 2.18. The Morgan fingerprint density at radius 2 is 1.38 bits per heavy atom. The quantitative estimate of drug-likeness (QED) is 0.314. The molecule has 5 nitrogen and oxygen atoms in total. The first-order valence-corrected chi connectivity index (χ1v) is 9.85. The molecule has 0 aromatic carbocycles. The van der Waals surface area contributed by atoms with Crippen LogP contribution in [0.2, 0.25) is 6.04 Å². The van der Waals surface area contributed by atoms with Gasteiger partial charge < -0.3 is 18.0 Å². The van der Waals surface area contributed by atoms with Crippen LogP contribution in [0.1, 0.15) is 47.5 Å². The summed E-state index contributed by atoms with van der Waals surface area (Å²) in [5, 5.41) is 0. The molecule has 0 spiro atoms. The van der Waals surface area contributed by atoms with Crippen molar-refractivity contribution >= 4 is 8.80 Å². The van der Waals surface area contributed by atoms with Gasteiger partial charge in [0.2, 0.25) is 0 Å². The van der Waals surface area contributed by atoms with Gasteiger partial charge in [-0.25, -0.2) is 0 Å². The van der Waals surface area contributed by atoms with Gasteiger partial charge in [-0.2, -0.15) is 0 Å². The monoisotopic (exact) mass is 321 g/mol. The zero-order chi connectivity index (χ0) is 16.5. The fourth-order valence-electron chi connectivity index (χ4n) is 2.74. The Bertz CT molecular complexity index is 244. The van der Waals surface area contributed by atoms with Crippen LogP contribution in [-0.4, -0.2) is 60.0 Å². The van der Waals surface area contributed by atoms with Crippen LogP contribution in [0.15, 0.2) is 0 Å². The summed E-state index contributed by atoms with van der Waals surface area (Å²) in [6, 6.07) is 1.72. The molecule has 0 amide bonds. The minimum Gasteiger partial charge on any atom is -0.377 e. The lowest BCUT2D eigenvalue weighted by Crippen LogP contribution is -2.46. The number of nitrogens with zero attached hydrogens (tertiary/aromatic N) is 1. The molecule has 0 rings (SSSR count). The van der Waals surface area contributed by atoms with E-state index in [1.165, 1.54) is 0 Å². The largest absolute Gasteiger partial charge is 0.500 e. The smallest absolute Gasteiger partial charge is 0.377 e. The van der Waals surface area contributed by atoms with Crippen molar-refractivity contribution in [2.24, 2.45) is 0 Å². The van der Waals surface area contributed by atoms with Crippen molar-refractivity contribution < 1.29 is 18.0 Å². The van der Waals surface area contributed by atoms with Crippen LogP contribution in [0, 0.1) is 0 Å². The SMILES string of the molecule is CCC(OCCC[Si](OC)(OC)OC)N(C(C)C)C(C)C. The maximum Gasteiger partial charge on any atom is 0.500 e. The number of rotatable bonds is 12. The van der Waals surface area contributed by atoms with Crippen molar-refractivity contribution in [3.8, 4) is 0 Å². The predicted octanol–water partition coefficient (Wildman–Crippen LogP) is 3.13. The van der Waals surface area contributed by atoms with Gasteiger partial charge in [0.25, 0.3) is 0 Å². The van der Waals surface area contributed by atoms with Gasteiger partial charge in [0.15, 0.2) is 0 Å². The predicted molar refractivity (Wildman–Crippen MR) is 88.3 cm³/mol. The van der Waals surface area contributed by atoms with Crippen molar-refractivity contribution in [1.29, 1.82) is 0 Å². The summed E-state index contributed by atoms with van der Waals surface area (Å²) in [5.41, 5.74) is 0. The van der Waals surface area contributed by atoms with Crippen LogP contribution in [0.3, 0.4) is 0 Å². The van der Waals surface area contributed by atoms with Gasteiger partial charge in [0.05, 0.1) is 0 Å². The molecule has 0 aromatic rings. The van der Waals surface area contributed by atoms with Gasteiger partial charge in [-0.3, -0.25) is 4.90 Å². The fraction of sp³-hybridized carbons (Fsp3) is 1.00. The van der Waals surface area contributed by atoms with Crippen molar-refractivity contribution in [2.45, 2.75) is 71.8 Å². The lowest BCUT2D eigenvalue weighted by molar-refractivity contribution is -0.0899. The molecule has 0 aromatic heterocycles. The summed E-state index contributed by atoms with van der Waals surface area (Å²) in [4.78, 5) is 2.41. The standard InChI is InChI=1S/C15H35NO4Si/c1-9-15(16(13(2)3)14(4)5)20-11-10-12-21(17-6,18-7)19-8/h13-15H,9-12H2,1-8H3. The van der Waals surface area contributed by atoms with Gasteiger partial charge in [-0.1, -0.05) is 6.92 Å². The molecule has 0 bridgehead atoms. The first kappa shape index (κ1) is 21.0. The molecule has 0 aliphatic rings. The van der Waals surface area contributed by atoms with Crippen LogP contribution in [0.5, 0.6) is 0 Å². The molecule has 6 heteroatoms. The Kier molecular flexibility index (Phi) is 10.7. The summed E-state index contributed by atoms with van der Waals surface area (Å²) in [6.45, 7) is 11.7. The van der Waals surface area contributed by atoms with Gasteiger partial charge in [0, 0.05) is 46.1 Å². The average molecular weight is 322 g/mol. The Labute approximate surface area is 132 Å². The molecule has 0 fully saturated rings. The van der Waals surface area contributed by atoms with E-state index in [0.717, 1.165) is 18.9 Å². The van der Waals surface area contributed by atoms with E-state index in [4.69, 9.17) is 18.0 Å². The normalized spacial score (nSPS) is 14.4. The number of hydrogen-bond donors (Lipinski definition) is 0. The maximum absolute atomic E-state index is 6.09. The molecule has 0 saturated carbocycles. The maximum atomic E-state index is 6.09. The van der Waals surface area contributed by atoms with Gasteiger partial charge >= 0.3 is 8.80 Å². The third-order valence-electron chi connectivity index (χ3n) is 3.74. The Balaban J connectivity index is 4.35. The van der Waals surface area contributed by atoms with E-state index in [1.807, 2.05) is 0 Å². The molecule has 0 N–H and O–H groups in total. The van der Waals surface area contributed by atoms with Crippen molar-refractivity contribution in [3.63, 3.8) is 0 Å². The molecular weight excluding hydrogens is 286 g/mol. The van der Waals surface area contributed by atoms with E-state index >= 15 is 0 Å². The minimum absolute atomic E-state index is 0.161. The molecule has 0 saturated heterocycles. The Hall–Kier alpha value is 0.0169. The number of hydrogen-bond acceptors (Lipinski definition) is 5. The third-order valence-corrected chi connectivity index (χ3v) is 6.58.